The van der Waals surface area contributed by atoms with Crippen molar-refractivity contribution < 1.29 is 20.1 Å². The average molecular weight is 231 g/mol. The Hall–Kier alpha value is -0.650. The molecule has 2 unspecified atom stereocenters. The van der Waals surface area contributed by atoms with Gasteiger partial charge >= 0.3 is 5.97 Å². The van der Waals surface area contributed by atoms with Crippen LogP contribution in [0.5, 0.6) is 0 Å². The van der Waals surface area contributed by atoms with Gasteiger partial charge in [-0.1, -0.05) is 13.3 Å². The van der Waals surface area contributed by atoms with E-state index in [1.54, 1.807) is 4.90 Å². The fourth-order valence-corrected chi connectivity index (χ4v) is 2.56. The van der Waals surface area contributed by atoms with E-state index in [1.807, 2.05) is 6.92 Å². The number of rotatable bonds is 6. The smallest absolute Gasteiger partial charge is 0.324 e. The zero-order chi connectivity index (χ0) is 12.2. The van der Waals surface area contributed by atoms with Gasteiger partial charge < -0.3 is 15.3 Å². The van der Waals surface area contributed by atoms with Crippen LogP contribution in [0.3, 0.4) is 0 Å². The molecule has 0 aliphatic carbocycles. The molecule has 0 radical (unpaired) electrons. The van der Waals surface area contributed by atoms with Crippen LogP contribution in [0.1, 0.15) is 32.6 Å². The molecule has 0 aromatic carbocycles. The molecule has 94 valence electrons. The van der Waals surface area contributed by atoms with Crippen molar-refractivity contribution in [1.82, 2.24) is 4.90 Å². The van der Waals surface area contributed by atoms with Crippen LogP contribution in [0, 0.1) is 0 Å². The van der Waals surface area contributed by atoms with E-state index in [0.29, 0.717) is 19.4 Å². The SMILES string of the molecule is CCCC1(C(=O)O)CCCN1CC(O)CO. The maximum atomic E-state index is 11.4. The number of nitrogens with zero attached hydrogens (tertiary/aromatic N) is 1. The predicted octanol–water partition coefficient (Wildman–Crippen LogP) is 0.0589. The highest BCUT2D eigenvalue weighted by Crippen LogP contribution is 2.33. The summed E-state index contributed by atoms with van der Waals surface area (Å²) in [6.07, 6.45) is 2.02. The molecule has 0 aromatic rings. The lowest BCUT2D eigenvalue weighted by Gasteiger charge is -2.35. The normalized spacial score (nSPS) is 28.2. The van der Waals surface area contributed by atoms with Crippen molar-refractivity contribution in [2.45, 2.75) is 44.2 Å². The summed E-state index contributed by atoms with van der Waals surface area (Å²) in [4.78, 5) is 13.2. The summed E-state index contributed by atoms with van der Waals surface area (Å²) < 4.78 is 0. The average Bonchev–Trinajstić information content (AvgIpc) is 2.63. The molecular formula is C11H21NO4. The van der Waals surface area contributed by atoms with Gasteiger partial charge in [-0.15, -0.1) is 0 Å². The molecule has 5 heteroatoms. The minimum Gasteiger partial charge on any atom is -0.480 e. The summed E-state index contributed by atoms with van der Waals surface area (Å²) in [5.41, 5.74) is -0.828. The first-order valence-electron chi connectivity index (χ1n) is 5.84. The highest BCUT2D eigenvalue weighted by Gasteiger charge is 2.46. The molecule has 0 spiro atoms. The van der Waals surface area contributed by atoms with Gasteiger partial charge in [-0.05, 0) is 25.8 Å². The number of hydrogen-bond acceptors (Lipinski definition) is 4. The van der Waals surface area contributed by atoms with Crippen molar-refractivity contribution in [2.24, 2.45) is 0 Å². The minimum atomic E-state index is -0.853. The molecule has 3 N–H and O–H groups in total. The third-order valence-electron chi connectivity index (χ3n) is 3.33. The summed E-state index contributed by atoms with van der Waals surface area (Å²) in [5, 5.41) is 27.6. The molecule has 1 fully saturated rings. The zero-order valence-corrected chi connectivity index (χ0v) is 9.72. The molecule has 1 saturated heterocycles. The Bertz CT molecular complexity index is 246. The van der Waals surface area contributed by atoms with Gasteiger partial charge in [0.15, 0.2) is 0 Å². The zero-order valence-electron chi connectivity index (χ0n) is 9.72. The number of aliphatic hydroxyl groups excluding tert-OH is 2. The lowest BCUT2D eigenvalue weighted by Crippen LogP contribution is -2.53. The molecule has 1 heterocycles. The first kappa shape index (κ1) is 13.4. The molecule has 16 heavy (non-hydrogen) atoms. The fourth-order valence-electron chi connectivity index (χ4n) is 2.56. The maximum absolute atomic E-state index is 11.4. The van der Waals surface area contributed by atoms with Gasteiger partial charge in [0.05, 0.1) is 12.7 Å². The van der Waals surface area contributed by atoms with E-state index in [-0.39, 0.29) is 13.2 Å². The van der Waals surface area contributed by atoms with Crippen LogP contribution in [0.4, 0.5) is 0 Å². The Morgan fingerprint density at radius 3 is 2.75 bits per heavy atom. The number of aliphatic hydroxyl groups is 2. The van der Waals surface area contributed by atoms with Gasteiger partial charge in [0.1, 0.15) is 5.54 Å². The van der Waals surface area contributed by atoms with Crippen LogP contribution in [0.15, 0.2) is 0 Å². The lowest BCUT2D eigenvalue weighted by atomic mass is 9.90. The summed E-state index contributed by atoms with van der Waals surface area (Å²) in [7, 11) is 0. The Kier molecular flexibility index (Phi) is 4.70. The van der Waals surface area contributed by atoms with Crippen LogP contribution in [0.25, 0.3) is 0 Å². The number of likely N-dealkylation sites (tertiary alicyclic amines) is 1. The summed E-state index contributed by atoms with van der Waals surface area (Å²) >= 11 is 0. The Balaban J connectivity index is 2.76. The number of aliphatic carboxylic acids is 1. The standard InChI is InChI=1S/C11H21NO4/c1-2-4-11(10(15)16)5-3-6-12(11)7-9(14)8-13/h9,13-14H,2-8H2,1H3,(H,15,16). The lowest BCUT2D eigenvalue weighted by molar-refractivity contribution is -0.151. The molecule has 1 aliphatic heterocycles. The highest BCUT2D eigenvalue weighted by atomic mass is 16.4. The summed E-state index contributed by atoms with van der Waals surface area (Å²) in [5.74, 6) is -0.808. The molecule has 0 aromatic heterocycles. The molecule has 1 aliphatic rings. The van der Waals surface area contributed by atoms with Gasteiger partial charge in [0.2, 0.25) is 0 Å². The van der Waals surface area contributed by atoms with Gasteiger partial charge in [0, 0.05) is 6.54 Å². The van der Waals surface area contributed by atoms with Gasteiger partial charge in [-0.2, -0.15) is 0 Å². The van der Waals surface area contributed by atoms with Gasteiger partial charge in [-0.3, -0.25) is 9.69 Å². The Morgan fingerprint density at radius 1 is 1.56 bits per heavy atom. The van der Waals surface area contributed by atoms with E-state index < -0.39 is 17.6 Å². The van der Waals surface area contributed by atoms with Gasteiger partial charge in [0.25, 0.3) is 0 Å². The van der Waals surface area contributed by atoms with E-state index in [4.69, 9.17) is 5.11 Å². The van der Waals surface area contributed by atoms with Gasteiger partial charge in [-0.25, -0.2) is 0 Å². The molecule has 0 saturated carbocycles. The molecule has 5 nitrogen and oxygen atoms in total. The second kappa shape index (κ2) is 5.61. The van der Waals surface area contributed by atoms with Crippen molar-refractivity contribution in [1.29, 1.82) is 0 Å². The van der Waals surface area contributed by atoms with E-state index in [1.165, 1.54) is 0 Å². The maximum Gasteiger partial charge on any atom is 0.324 e. The quantitative estimate of drug-likeness (QED) is 0.602. The molecule has 0 bridgehead atoms. The molecule has 2 atom stereocenters. The van der Waals surface area contributed by atoms with E-state index in [0.717, 1.165) is 12.8 Å². The van der Waals surface area contributed by atoms with Crippen molar-refractivity contribution in [2.75, 3.05) is 19.7 Å². The van der Waals surface area contributed by atoms with Crippen LogP contribution in [-0.4, -0.2) is 57.5 Å². The Morgan fingerprint density at radius 2 is 2.25 bits per heavy atom. The van der Waals surface area contributed by atoms with Crippen molar-refractivity contribution >= 4 is 5.97 Å². The van der Waals surface area contributed by atoms with E-state index in [9.17, 15) is 15.0 Å². The first-order valence-corrected chi connectivity index (χ1v) is 5.84. The number of hydrogen-bond donors (Lipinski definition) is 3. The van der Waals surface area contributed by atoms with E-state index >= 15 is 0 Å². The van der Waals surface area contributed by atoms with Crippen molar-refractivity contribution in [3.05, 3.63) is 0 Å². The van der Waals surface area contributed by atoms with Crippen LogP contribution >= 0.6 is 0 Å². The first-order chi connectivity index (χ1) is 7.56. The molecular weight excluding hydrogens is 210 g/mol. The number of carbonyl (C=O) groups is 1. The number of β-amino-alcohol motifs (C(OH)–C–C–N with tert-alkyl or cyclic N) is 1. The fraction of sp³-hybridized carbons (Fsp3) is 0.909. The summed E-state index contributed by atoms with van der Waals surface area (Å²) in [6.45, 7) is 2.56. The van der Waals surface area contributed by atoms with Crippen LogP contribution in [-0.2, 0) is 4.79 Å². The van der Waals surface area contributed by atoms with Crippen molar-refractivity contribution in [3.8, 4) is 0 Å². The second-order valence-corrected chi connectivity index (χ2v) is 4.47. The number of carboxylic acid groups (broad SMARTS) is 1. The monoisotopic (exact) mass is 231 g/mol. The third kappa shape index (κ3) is 2.53. The Labute approximate surface area is 95.7 Å². The second-order valence-electron chi connectivity index (χ2n) is 4.47. The van der Waals surface area contributed by atoms with Crippen molar-refractivity contribution in [3.63, 3.8) is 0 Å². The minimum absolute atomic E-state index is 0.239. The highest BCUT2D eigenvalue weighted by molar-refractivity contribution is 5.79. The van der Waals surface area contributed by atoms with Crippen LogP contribution < -0.4 is 0 Å². The molecule has 0 amide bonds. The molecule has 1 rings (SSSR count). The topological polar surface area (TPSA) is 81.0 Å². The third-order valence-corrected chi connectivity index (χ3v) is 3.33. The largest absolute Gasteiger partial charge is 0.480 e. The summed E-state index contributed by atoms with van der Waals surface area (Å²) in [6, 6.07) is 0. The number of carboxylic acids is 1. The van der Waals surface area contributed by atoms with Crippen LogP contribution in [0.2, 0.25) is 0 Å². The predicted molar refractivity (Wildman–Crippen MR) is 59.2 cm³/mol. The van der Waals surface area contributed by atoms with E-state index in [2.05, 4.69) is 0 Å².